The number of oxazole rings is 1. The Labute approximate surface area is 263 Å². The van der Waals surface area contributed by atoms with Gasteiger partial charge in [0.05, 0.1) is 54.8 Å². The van der Waals surface area contributed by atoms with Gasteiger partial charge in [0, 0.05) is 32.4 Å². The minimum atomic E-state index is -0.916. The van der Waals surface area contributed by atoms with Crippen LogP contribution >= 0.6 is 11.3 Å². The van der Waals surface area contributed by atoms with Crippen LogP contribution in [0.5, 0.6) is 5.75 Å². The Bertz CT molecular complexity index is 1770. The number of hydrogen-bond donors (Lipinski definition) is 1. The fourth-order valence-corrected chi connectivity index (χ4v) is 7.34. The van der Waals surface area contributed by atoms with Crippen molar-refractivity contribution < 1.29 is 28.2 Å². The zero-order valence-electron chi connectivity index (χ0n) is 25.7. The van der Waals surface area contributed by atoms with E-state index in [1.165, 1.54) is 22.2 Å². The van der Waals surface area contributed by atoms with Gasteiger partial charge in [-0.2, -0.15) is 0 Å². The van der Waals surface area contributed by atoms with E-state index < -0.39 is 22.9 Å². The Balaban J connectivity index is 1.50. The number of fused-ring (bicyclic) bond motifs is 1. The molecule has 1 amide bonds. The van der Waals surface area contributed by atoms with Crippen molar-refractivity contribution in [3.05, 3.63) is 68.7 Å². The molecule has 4 aromatic rings. The van der Waals surface area contributed by atoms with Gasteiger partial charge in [0.2, 0.25) is 11.8 Å². The Morgan fingerprint density at radius 3 is 2.67 bits per heavy atom. The van der Waals surface area contributed by atoms with Crippen LogP contribution in [0.15, 0.2) is 50.7 Å². The number of rotatable bonds is 13. The minimum Gasteiger partial charge on any atom is -0.496 e. The fraction of sp³-hybridized carbons (Fsp3) is 0.500. The first-order valence-corrected chi connectivity index (χ1v) is 16.0. The third kappa shape index (κ3) is 6.22. The van der Waals surface area contributed by atoms with Gasteiger partial charge in [-0.25, -0.2) is 9.78 Å². The van der Waals surface area contributed by atoms with E-state index in [0.717, 1.165) is 18.4 Å². The van der Waals surface area contributed by atoms with Crippen molar-refractivity contribution in [3.8, 4) is 16.5 Å². The van der Waals surface area contributed by atoms with Crippen LogP contribution in [-0.2, 0) is 31.1 Å². The first kappa shape index (κ1) is 31.2. The quantitative estimate of drug-likeness (QED) is 0.217. The molecule has 0 spiro atoms. The summed E-state index contributed by atoms with van der Waals surface area (Å²) in [6.07, 6.45) is 4.91. The van der Waals surface area contributed by atoms with E-state index in [-0.39, 0.29) is 25.0 Å². The molecule has 4 heterocycles. The smallest absolute Gasteiger partial charge is 0.332 e. The van der Waals surface area contributed by atoms with Crippen LogP contribution in [0.4, 0.5) is 0 Å². The van der Waals surface area contributed by atoms with E-state index in [2.05, 4.69) is 10.3 Å². The molecule has 2 fully saturated rings. The number of methoxy groups -OCH3 is 2. The molecule has 6 rings (SSSR count). The van der Waals surface area contributed by atoms with Crippen molar-refractivity contribution in [3.63, 3.8) is 0 Å². The highest BCUT2D eigenvalue weighted by molar-refractivity contribution is 7.22. The summed E-state index contributed by atoms with van der Waals surface area (Å²) in [7, 11) is 3.17. The van der Waals surface area contributed by atoms with Crippen molar-refractivity contribution in [2.24, 2.45) is 0 Å². The zero-order valence-corrected chi connectivity index (χ0v) is 26.5. The van der Waals surface area contributed by atoms with Crippen molar-refractivity contribution >= 4 is 27.5 Å². The van der Waals surface area contributed by atoms with Gasteiger partial charge in [-0.3, -0.25) is 18.7 Å². The van der Waals surface area contributed by atoms with E-state index in [9.17, 15) is 14.4 Å². The van der Waals surface area contributed by atoms with Gasteiger partial charge in [0.1, 0.15) is 22.9 Å². The number of carbonyl (C=O) groups excluding carboxylic acids is 1. The molecular weight excluding hydrogens is 600 g/mol. The van der Waals surface area contributed by atoms with Crippen LogP contribution in [0.2, 0.25) is 0 Å². The lowest BCUT2D eigenvalue weighted by molar-refractivity contribution is -0.122. The SMILES string of the molecule is COCCNC(=O)CC1(n2c(=O)c3c(C)c(-c4ncco4)sc3n(CC(OC3CCOCC3)c3ccccc3OC)c2=O)CC1. The minimum absolute atomic E-state index is 0.0155. The van der Waals surface area contributed by atoms with E-state index in [0.29, 0.717) is 71.5 Å². The predicted molar refractivity (Wildman–Crippen MR) is 168 cm³/mol. The van der Waals surface area contributed by atoms with E-state index >= 15 is 0 Å². The first-order valence-electron chi connectivity index (χ1n) is 15.2. The Morgan fingerprint density at radius 2 is 1.98 bits per heavy atom. The van der Waals surface area contributed by atoms with Gasteiger partial charge < -0.3 is 28.7 Å². The van der Waals surface area contributed by atoms with Crippen LogP contribution in [-0.4, -0.2) is 66.7 Å². The Morgan fingerprint density at radius 1 is 1.20 bits per heavy atom. The van der Waals surface area contributed by atoms with Crippen molar-refractivity contribution in [2.75, 3.05) is 40.6 Å². The van der Waals surface area contributed by atoms with Crippen LogP contribution in [0.25, 0.3) is 21.0 Å². The monoisotopic (exact) mass is 638 g/mol. The predicted octanol–water partition coefficient (Wildman–Crippen LogP) is 3.78. The summed E-state index contributed by atoms with van der Waals surface area (Å²) in [6.45, 7) is 3.86. The molecule has 1 saturated heterocycles. The standard InChI is InChI=1S/C32H38N4O8S/c1-20-26-29(38)36(32(10-11-32)18-25(37)33-12-16-40-2)31(39)35(30(26)45-27(20)28-34-13-17-43-28)19-24(44-21-8-14-42-15-9-21)22-6-4-5-7-23(22)41-3/h4-7,13,17,21,24H,8-12,14-16,18-19H2,1-3H3,(H,33,37). The molecule has 0 bridgehead atoms. The third-order valence-electron chi connectivity index (χ3n) is 8.62. The average Bonchev–Trinajstić information content (AvgIpc) is 3.42. The average molecular weight is 639 g/mol. The number of nitrogens with zero attached hydrogens (tertiary/aromatic N) is 3. The molecule has 1 aromatic carbocycles. The number of benzene rings is 1. The largest absolute Gasteiger partial charge is 0.496 e. The maximum atomic E-state index is 14.6. The van der Waals surface area contributed by atoms with Crippen molar-refractivity contribution in [1.29, 1.82) is 0 Å². The fourth-order valence-electron chi connectivity index (χ4n) is 6.10. The summed E-state index contributed by atoms with van der Waals surface area (Å²) < 4.78 is 31.6. The molecule has 240 valence electrons. The number of aryl methyl sites for hydroxylation is 1. The second-order valence-corrected chi connectivity index (χ2v) is 12.5. The molecule has 0 radical (unpaired) electrons. The lowest BCUT2D eigenvalue weighted by atomic mass is 10.1. The summed E-state index contributed by atoms with van der Waals surface area (Å²) in [6, 6.07) is 7.60. The summed E-state index contributed by atoms with van der Waals surface area (Å²) in [4.78, 5) is 47.3. The number of carbonyl (C=O) groups is 1. The molecule has 3 aromatic heterocycles. The molecule has 2 aliphatic rings. The highest BCUT2D eigenvalue weighted by atomic mass is 32.1. The van der Waals surface area contributed by atoms with Gasteiger partial charge in [-0.1, -0.05) is 18.2 Å². The normalized spacial score (nSPS) is 17.0. The van der Waals surface area contributed by atoms with E-state index in [4.69, 9.17) is 23.4 Å². The van der Waals surface area contributed by atoms with Crippen molar-refractivity contribution in [2.45, 2.75) is 63.3 Å². The second-order valence-electron chi connectivity index (χ2n) is 11.5. The highest BCUT2D eigenvalue weighted by Crippen LogP contribution is 2.46. The van der Waals surface area contributed by atoms with Crippen LogP contribution in [0.3, 0.4) is 0 Å². The van der Waals surface area contributed by atoms with E-state index in [1.807, 2.05) is 31.2 Å². The van der Waals surface area contributed by atoms with E-state index in [1.54, 1.807) is 25.0 Å². The number of ether oxygens (including phenoxy) is 4. The second kappa shape index (κ2) is 13.3. The summed E-state index contributed by atoms with van der Waals surface area (Å²) >= 11 is 1.29. The van der Waals surface area contributed by atoms with Gasteiger partial charge in [-0.15, -0.1) is 11.3 Å². The summed E-state index contributed by atoms with van der Waals surface area (Å²) in [5.41, 5.74) is -0.349. The molecule has 1 unspecified atom stereocenters. The topological polar surface area (TPSA) is 136 Å². The van der Waals surface area contributed by atoms with Crippen LogP contribution < -0.4 is 21.3 Å². The molecule has 1 aliphatic carbocycles. The molecule has 1 aliphatic heterocycles. The molecular formula is C32H38N4O8S. The van der Waals surface area contributed by atoms with Crippen molar-refractivity contribution in [1.82, 2.24) is 19.4 Å². The van der Waals surface area contributed by atoms with Gasteiger partial charge in [-0.05, 0) is 44.2 Å². The first-order chi connectivity index (χ1) is 21.9. The lowest BCUT2D eigenvalue weighted by Crippen LogP contribution is -2.47. The third-order valence-corrected chi connectivity index (χ3v) is 9.92. The summed E-state index contributed by atoms with van der Waals surface area (Å²) in [5, 5.41) is 3.24. The van der Waals surface area contributed by atoms with Gasteiger partial charge in [0.25, 0.3) is 5.56 Å². The number of amides is 1. The highest BCUT2D eigenvalue weighted by Gasteiger charge is 2.49. The number of hydrogen-bond acceptors (Lipinski definition) is 10. The number of para-hydroxylation sites is 1. The zero-order chi connectivity index (χ0) is 31.6. The molecule has 1 N–H and O–H groups in total. The van der Waals surface area contributed by atoms with Crippen LogP contribution in [0, 0.1) is 6.92 Å². The molecule has 12 nitrogen and oxygen atoms in total. The molecule has 13 heteroatoms. The molecule has 1 atom stereocenters. The van der Waals surface area contributed by atoms with Gasteiger partial charge in [0.15, 0.2) is 0 Å². The maximum Gasteiger partial charge on any atom is 0.332 e. The lowest BCUT2D eigenvalue weighted by Gasteiger charge is -2.29. The molecule has 1 saturated carbocycles. The summed E-state index contributed by atoms with van der Waals surface area (Å²) in [5.74, 6) is 0.776. The Kier molecular flexibility index (Phi) is 9.22. The number of aromatic nitrogens is 3. The number of thiophene rings is 1. The Hall–Kier alpha value is -3.78. The molecule has 45 heavy (non-hydrogen) atoms. The van der Waals surface area contributed by atoms with Crippen LogP contribution in [0.1, 0.15) is 49.3 Å². The maximum absolute atomic E-state index is 14.6. The van der Waals surface area contributed by atoms with Gasteiger partial charge >= 0.3 is 5.69 Å². The number of nitrogens with one attached hydrogen (secondary N) is 1.